The summed E-state index contributed by atoms with van der Waals surface area (Å²) in [6.07, 6.45) is -2.61. The van der Waals surface area contributed by atoms with Gasteiger partial charge in [-0.05, 0) is 62.1 Å². The van der Waals surface area contributed by atoms with Crippen molar-refractivity contribution in [3.63, 3.8) is 0 Å². The minimum Gasteiger partial charge on any atom is -0.319 e. The standard InChI is InChI=1S/C26H22F3N5O2/c1-16-15-33-22(21(14-31-33)32-23(35)19-4-2-3-18(11-19)13-30)24(36)34(16)20-7-5-17(6-8-20)12-25(9-10-25)26(27,28)29/h2-8,11,14,16H,9-10,12,15H2,1H3,(H,32,35). The quantitative estimate of drug-likeness (QED) is 0.545. The molecule has 5 rings (SSSR count). The molecule has 10 heteroatoms. The molecule has 2 aromatic carbocycles. The number of alkyl halides is 3. The highest BCUT2D eigenvalue weighted by molar-refractivity contribution is 6.13. The molecule has 7 nitrogen and oxygen atoms in total. The lowest BCUT2D eigenvalue weighted by molar-refractivity contribution is -0.186. The van der Waals surface area contributed by atoms with Crippen LogP contribution in [0.15, 0.2) is 54.7 Å². The third-order valence-corrected chi connectivity index (χ3v) is 6.85. The van der Waals surface area contributed by atoms with Crippen LogP contribution < -0.4 is 10.2 Å². The second kappa shape index (κ2) is 8.52. The molecule has 1 N–H and O–H groups in total. The zero-order chi connectivity index (χ0) is 25.7. The summed E-state index contributed by atoms with van der Waals surface area (Å²) >= 11 is 0. The summed E-state index contributed by atoms with van der Waals surface area (Å²) in [5, 5.41) is 16.0. The van der Waals surface area contributed by atoms with Crippen molar-refractivity contribution in [2.24, 2.45) is 5.41 Å². The van der Waals surface area contributed by atoms with Gasteiger partial charge < -0.3 is 10.2 Å². The molecule has 184 valence electrons. The molecule has 1 atom stereocenters. The Kier molecular flexibility index (Phi) is 5.58. The first-order valence-electron chi connectivity index (χ1n) is 11.5. The average Bonchev–Trinajstić information content (AvgIpc) is 3.54. The molecular weight excluding hydrogens is 471 g/mol. The van der Waals surface area contributed by atoms with Gasteiger partial charge in [-0.15, -0.1) is 0 Å². The molecular formula is C26H22F3N5O2. The Morgan fingerprint density at radius 1 is 1.22 bits per heavy atom. The van der Waals surface area contributed by atoms with Crippen molar-refractivity contribution in [2.75, 3.05) is 10.2 Å². The molecule has 0 bridgehead atoms. The summed E-state index contributed by atoms with van der Waals surface area (Å²) in [4.78, 5) is 27.8. The molecule has 3 aromatic rings. The van der Waals surface area contributed by atoms with E-state index in [1.165, 1.54) is 16.9 Å². The van der Waals surface area contributed by atoms with Gasteiger partial charge in [0.2, 0.25) is 0 Å². The first kappa shape index (κ1) is 23.6. The van der Waals surface area contributed by atoms with E-state index in [9.17, 15) is 22.8 Å². The molecule has 1 aromatic heterocycles. The van der Waals surface area contributed by atoms with Gasteiger partial charge in [0.15, 0.2) is 0 Å². The van der Waals surface area contributed by atoms with Gasteiger partial charge in [-0.25, -0.2) is 0 Å². The van der Waals surface area contributed by atoms with E-state index in [0.29, 0.717) is 23.4 Å². The lowest BCUT2D eigenvalue weighted by Gasteiger charge is -2.34. The number of aromatic nitrogens is 2. The number of carbonyl (C=O) groups is 2. The number of hydrogen-bond acceptors (Lipinski definition) is 4. The Morgan fingerprint density at radius 3 is 2.58 bits per heavy atom. The molecule has 2 aliphatic rings. The first-order chi connectivity index (χ1) is 17.1. The second-order valence-corrected chi connectivity index (χ2v) is 9.38. The summed E-state index contributed by atoms with van der Waals surface area (Å²) < 4.78 is 41.5. The van der Waals surface area contributed by atoms with E-state index >= 15 is 0 Å². The van der Waals surface area contributed by atoms with Crippen LogP contribution in [0.5, 0.6) is 0 Å². The zero-order valence-electron chi connectivity index (χ0n) is 19.3. The van der Waals surface area contributed by atoms with Crippen LogP contribution in [0.3, 0.4) is 0 Å². The second-order valence-electron chi connectivity index (χ2n) is 9.38. The van der Waals surface area contributed by atoms with Crippen molar-refractivity contribution < 1.29 is 22.8 Å². The van der Waals surface area contributed by atoms with Crippen molar-refractivity contribution in [3.05, 3.63) is 77.1 Å². The largest absolute Gasteiger partial charge is 0.394 e. The van der Waals surface area contributed by atoms with Gasteiger partial charge >= 0.3 is 6.18 Å². The molecule has 1 unspecified atom stereocenters. The number of amides is 2. The maximum Gasteiger partial charge on any atom is 0.394 e. The van der Waals surface area contributed by atoms with E-state index in [-0.39, 0.29) is 48.2 Å². The average molecular weight is 493 g/mol. The molecule has 1 aliphatic carbocycles. The van der Waals surface area contributed by atoms with Gasteiger partial charge in [-0.2, -0.15) is 23.5 Å². The fourth-order valence-electron chi connectivity index (χ4n) is 4.66. The minimum atomic E-state index is -4.22. The van der Waals surface area contributed by atoms with Gasteiger partial charge in [0.25, 0.3) is 11.8 Å². The van der Waals surface area contributed by atoms with Crippen molar-refractivity contribution in [1.29, 1.82) is 5.26 Å². The molecule has 1 fully saturated rings. The Bertz CT molecular complexity index is 1380. The first-order valence-corrected chi connectivity index (χ1v) is 11.5. The maximum absolute atomic E-state index is 13.5. The highest BCUT2D eigenvalue weighted by Crippen LogP contribution is 2.59. The Labute approximate surface area is 205 Å². The molecule has 36 heavy (non-hydrogen) atoms. The summed E-state index contributed by atoms with van der Waals surface area (Å²) in [5.74, 6) is -0.863. The molecule has 2 amide bonds. The number of benzene rings is 2. The number of carbonyl (C=O) groups excluding carboxylic acids is 2. The summed E-state index contributed by atoms with van der Waals surface area (Å²) in [7, 11) is 0. The molecule has 0 radical (unpaired) electrons. The van der Waals surface area contributed by atoms with Crippen LogP contribution in [0.2, 0.25) is 0 Å². The van der Waals surface area contributed by atoms with Crippen LogP contribution in [-0.2, 0) is 13.0 Å². The minimum absolute atomic E-state index is 0.0732. The van der Waals surface area contributed by atoms with Crippen molar-refractivity contribution in [1.82, 2.24) is 9.78 Å². The predicted octanol–water partition coefficient (Wildman–Crippen LogP) is 4.94. The molecule has 2 heterocycles. The Balaban J connectivity index is 1.37. The topological polar surface area (TPSA) is 91.0 Å². The number of nitriles is 1. The number of halogens is 3. The molecule has 1 saturated carbocycles. The van der Waals surface area contributed by atoms with Crippen LogP contribution in [0.1, 0.15) is 51.7 Å². The van der Waals surface area contributed by atoms with E-state index in [0.717, 1.165) is 0 Å². The van der Waals surface area contributed by atoms with Crippen LogP contribution in [-0.4, -0.2) is 33.8 Å². The smallest absolute Gasteiger partial charge is 0.319 e. The molecule has 1 aliphatic heterocycles. The number of fused-ring (bicyclic) bond motifs is 1. The van der Waals surface area contributed by atoms with Crippen molar-refractivity contribution in [3.8, 4) is 6.07 Å². The lowest BCUT2D eigenvalue weighted by Crippen LogP contribution is -2.47. The fourth-order valence-corrected chi connectivity index (χ4v) is 4.66. The Morgan fingerprint density at radius 2 is 1.94 bits per heavy atom. The third-order valence-electron chi connectivity index (χ3n) is 6.85. The van der Waals surface area contributed by atoms with E-state index in [4.69, 9.17) is 5.26 Å². The van der Waals surface area contributed by atoms with Gasteiger partial charge in [-0.1, -0.05) is 18.2 Å². The number of anilines is 2. The number of nitrogens with zero attached hydrogens (tertiary/aromatic N) is 4. The summed E-state index contributed by atoms with van der Waals surface area (Å²) in [6.45, 7) is 2.23. The number of rotatable bonds is 5. The summed E-state index contributed by atoms with van der Waals surface area (Å²) in [5.41, 5.74) is 0.544. The van der Waals surface area contributed by atoms with Crippen molar-refractivity contribution in [2.45, 2.75) is 44.9 Å². The van der Waals surface area contributed by atoms with E-state index < -0.39 is 17.5 Å². The van der Waals surface area contributed by atoms with Gasteiger partial charge in [0.1, 0.15) is 5.69 Å². The lowest BCUT2D eigenvalue weighted by atomic mass is 9.95. The SMILES string of the molecule is CC1Cn2ncc(NC(=O)c3cccc(C#N)c3)c2C(=O)N1c1ccc(CC2(C(F)(F)F)CC2)cc1. The van der Waals surface area contributed by atoms with Crippen LogP contribution in [0.4, 0.5) is 24.5 Å². The fraction of sp³-hybridized carbons (Fsp3) is 0.308. The predicted molar refractivity (Wildman–Crippen MR) is 125 cm³/mol. The van der Waals surface area contributed by atoms with E-state index in [2.05, 4.69) is 10.4 Å². The van der Waals surface area contributed by atoms with E-state index in [1.807, 2.05) is 13.0 Å². The monoisotopic (exact) mass is 493 g/mol. The molecule has 0 saturated heterocycles. The van der Waals surface area contributed by atoms with Crippen molar-refractivity contribution >= 4 is 23.2 Å². The number of nitrogens with one attached hydrogen (secondary N) is 1. The van der Waals surface area contributed by atoms with E-state index in [1.54, 1.807) is 47.4 Å². The highest BCUT2D eigenvalue weighted by Gasteiger charge is 2.62. The normalized spacial score (nSPS) is 18.4. The van der Waals surface area contributed by atoms with Gasteiger partial charge in [0.05, 0.1) is 41.5 Å². The number of hydrogen-bond donors (Lipinski definition) is 1. The Hall–Kier alpha value is -4.13. The third kappa shape index (κ3) is 4.11. The summed E-state index contributed by atoms with van der Waals surface area (Å²) in [6, 6.07) is 14.5. The van der Waals surface area contributed by atoms with Gasteiger partial charge in [0, 0.05) is 11.3 Å². The van der Waals surface area contributed by atoms with Crippen LogP contribution in [0, 0.1) is 16.7 Å². The zero-order valence-corrected chi connectivity index (χ0v) is 19.3. The van der Waals surface area contributed by atoms with Crippen LogP contribution >= 0.6 is 0 Å². The van der Waals surface area contributed by atoms with Crippen LogP contribution in [0.25, 0.3) is 0 Å². The maximum atomic E-state index is 13.5. The molecule has 0 spiro atoms. The van der Waals surface area contributed by atoms with Gasteiger partial charge in [-0.3, -0.25) is 14.3 Å². The highest BCUT2D eigenvalue weighted by atomic mass is 19.4.